The molecular formula is C20H22N2O6. The largest absolute Gasteiger partial charge is 0.497 e. The second kappa shape index (κ2) is 8.62. The Morgan fingerprint density at radius 3 is 2.71 bits per heavy atom. The molecule has 0 radical (unpaired) electrons. The van der Waals surface area contributed by atoms with Crippen molar-refractivity contribution < 1.29 is 28.9 Å². The van der Waals surface area contributed by atoms with Crippen LogP contribution in [-0.2, 0) is 16.0 Å². The number of rotatable bonds is 6. The summed E-state index contributed by atoms with van der Waals surface area (Å²) in [6, 6.07) is 10.2. The van der Waals surface area contributed by atoms with Crippen LogP contribution in [0.4, 0.5) is 5.69 Å². The fourth-order valence-corrected chi connectivity index (χ4v) is 2.88. The zero-order chi connectivity index (χ0) is 20.1. The Labute approximate surface area is 162 Å². The van der Waals surface area contributed by atoms with Gasteiger partial charge in [0.15, 0.2) is 0 Å². The predicted octanol–water partition coefficient (Wildman–Crippen LogP) is 1.43. The molecule has 0 spiro atoms. The zero-order valence-corrected chi connectivity index (χ0v) is 15.7. The number of carbonyl (C=O) groups excluding carboxylic acids is 2. The Morgan fingerprint density at radius 1 is 1.14 bits per heavy atom. The van der Waals surface area contributed by atoms with E-state index in [9.17, 15) is 14.7 Å². The van der Waals surface area contributed by atoms with Crippen molar-refractivity contribution in [1.29, 1.82) is 0 Å². The van der Waals surface area contributed by atoms with Gasteiger partial charge < -0.3 is 30.0 Å². The molecule has 2 aromatic carbocycles. The van der Waals surface area contributed by atoms with Gasteiger partial charge in [0.2, 0.25) is 0 Å². The summed E-state index contributed by atoms with van der Waals surface area (Å²) in [5.74, 6) is 0.00954. The van der Waals surface area contributed by atoms with E-state index in [1.54, 1.807) is 30.3 Å². The van der Waals surface area contributed by atoms with Gasteiger partial charge in [-0.05, 0) is 35.4 Å². The van der Waals surface area contributed by atoms with Crippen molar-refractivity contribution in [1.82, 2.24) is 5.32 Å². The van der Waals surface area contributed by atoms with Crippen LogP contribution < -0.4 is 24.8 Å². The van der Waals surface area contributed by atoms with Crippen molar-refractivity contribution in [2.24, 2.45) is 0 Å². The lowest BCUT2D eigenvalue weighted by molar-refractivity contribution is -0.136. The fourth-order valence-electron chi connectivity index (χ4n) is 2.88. The molecule has 0 aromatic heterocycles. The first-order valence-corrected chi connectivity index (χ1v) is 8.76. The van der Waals surface area contributed by atoms with E-state index in [-0.39, 0.29) is 6.54 Å². The topological polar surface area (TPSA) is 106 Å². The number of carbonyl (C=O) groups is 2. The first kappa shape index (κ1) is 19.5. The number of amides is 2. The highest BCUT2D eigenvalue weighted by Crippen LogP contribution is 2.29. The quantitative estimate of drug-likeness (QED) is 0.649. The third-order valence-corrected chi connectivity index (χ3v) is 4.42. The van der Waals surface area contributed by atoms with Crippen molar-refractivity contribution in [3.05, 3.63) is 47.5 Å². The molecular weight excluding hydrogens is 364 g/mol. The lowest BCUT2D eigenvalue weighted by Gasteiger charge is -2.14. The molecule has 8 nitrogen and oxygen atoms in total. The van der Waals surface area contributed by atoms with E-state index in [1.165, 1.54) is 14.2 Å². The van der Waals surface area contributed by atoms with E-state index >= 15 is 0 Å². The molecule has 148 valence electrons. The highest BCUT2D eigenvalue weighted by molar-refractivity contribution is 6.39. The second-order valence-corrected chi connectivity index (χ2v) is 6.21. The molecule has 28 heavy (non-hydrogen) atoms. The van der Waals surface area contributed by atoms with E-state index in [1.807, 2.05) is 6.07 Å². The van der Waals surface area contributed by atoms with Crippen LogP contribution in [0.5, 0.6) is 17.2 Å². The minimum absolute atomic E-state index is 0.0916. The minimum Gasteiger partial charge on any atom is -0.497 e. The zero-order valence-electron chi connectivity index (χ0n) is 15.7. The van der Waals surface area contributed by atoms with E-state index < -0.39 is 17.9 Å². The van der Waals surface area contributed by atoms with Gasteiger partial charge >= 0.3 is 11.8 Å². The summed E-state index contributed by atoms with van der Waals surface area (Å²) in [6.45, 7) is 0.534. The van der Waals surface area contributed by atoms with Gasteiger partial charge in [-0.1, -0.05) is 6.07 Å². The number of aliphatic hydroxyl groups excluding tert-OH is 1. The Balaban J connectivity index is 1.56. The molecule has 1 heterocycles. The molecule has 0 unspecified atom stereocenters. The first-order chi connectivity index (χ1) is 13.5. The Bertz CT molecular complexity index is 883. The molecule has 1 aliphatic heterocycles. The third kappa shape index (κ3) is 4.34. The van der Waals surface area contributed by atoms with E-state index in [4.69, 9.17) is 14.2 Å². The monoisotopic (exact) mass is 386 g/mol. The van der Waals surface area contributed by atoms with Crippen LogP contribution in [-0.4, -0.2) is 44.3 Å². The number of hydrogen-bond donors (Lipinski definition) is 3. The lowest BCUT2D eigenvalue weighted by atomic mass is 10.0. The number of methoxy groups -OCH3 is 2. The van der Waals surface area contributed by atoms with E-state index in [2.05, 4.69) is 10.6 Å². The normalized spacial score (nSPS) is 13.1. The third-order valence-electron chi connectivity index (χ3n) is 4.42. The van der Waals surface area contributed by atoms with Crippen LogP contribution in [0.3, 0.4) is 0 Å². The number of anilines is 1. The summed E-state index contributed by atoms with van der Waals surface area (Å²) >= 11 is 0. The fraction of sp³-hybridized carbons (Fsp3) is 0.300. The number of ether oxygens (including phenoxy) is 3. The van der Waals surface area contributed by atoms with Gasteiger partial charge in [-0.15, -0.1) is 0 Å². The Kier molecular flexibility index (Phi) is 6.00. The summed E-state index contributed by atoms with van der Waals surface area (Å²) in [4.78, 5) is 24.2. The summed E-state index contributed by atoms with van der Waals surface area (Å²) < 4.78 is 15.7. The maximum Gasteiger partial charge on any atom is 0.313 e. The number of nitrogens with one attached hydrogen (secondary N) is 2. The van der Waals surface area contributed by atoms with Crippen LogP contribution in [0.1, 0.15) is 17.2 Å². The SMILES string of the molecule is COc1ccc(NC(=O)C(=O)NC[C@H](O)c2ccc3c(c2)CCO3)c(OC)c1. The molecule has 1 aliphatic rings. The van der Waals surface area contributed by atoms with Gasteiger partial charge in [-0.2, -0.15) is 0 Å². The highest BCUT2D eigenvalue weighted by Gasteiger charge is 2.19. The summed E-state index contributed by atoms with van der Waals surface area (Å²) in [7, 11) is 2.96. The maximum absolute atomic E-state index is 12.1. The second-order valence-electron chi connectivity index (χ2n) is 6.21. The van der Waals surface area contributed by atoms with Crippen LogP contribution in [0, 0.1) is 0 Å². The standard InChI is InChI=1S/C20H22N2O6/c1-26-14-4-5-15(18(10-14)27-2)22-20(25)19(24)21-11-16(23)12-3-6-17-13(9-12)7-8-28-17/h3-6,9-10,16,23H,7-8,11H2,1-2H3,(H,21,24)(H,22,25)/t16-/m0/s1. The van der Waals surface area contributed by atoms with Gasteiger partial charge in [0, 0.05) is 19.0 Å². The molecule has 0 aliphatic carbocycles. The predicted molar refractivity (Wildman–Crippen MR) is 102 cm³/mol. The van der Waals surface area contributed by atoms with Crippen LogP contribution in [0.25, 0.3) is 0 Å². The van der Waals surface area contributed by atoms with Crippen molar-refractivity contribution in [2.45, 2.75) is 12.5 Å². The first-order valence-electron chi connectivity index (χ1n) is 8.76. The number of benzene rings is 2. The summed E-state index contributed by atoms with van der Waals surface area (Å²) in [6.07, 6.45) is -0.146. The maximum atomic E-state index is 12.1. The summed E-state index contributed by atoms with van der Waals surface area (Å²) in [5, 5.41) is 15.2. The van der Waals surface area contributed by atoms with Crippen molar-refractivity contribution >= 4 is 17.5 Å². The average Bonchev–Trinajstić information content (AvgIpc) is 3.19. The average molecular weight is 386 g/mol. The molecule has 3 rings (SSSR count). The summed E-state index contributed by atoms with van der Waals surface area (Å²) in [5.41, 5.74) is 2.01. The Morgan fingerprint density at radius 2 is 1.96 bits per heavy atom. The van der Waals surface area contributed by atoms with Gasteiger partial charge in [-0.25, -0.2) is 0 Å². The van der Waals surface area contributed by atoms with Gasteiger partial charge in [0.05, 0.1) is 32.6 Å². The number of hydrogen-bond acceptors (Lipinski definition) is 6. The molecule has 3 N–H and O–H groups in total. The lowest BCUT2D eigenvalue weighted by Crippen LogP contribution is -2.37. The Hall–Kier alpha value is -3.26. The minimum atomic E-state index is -0.932. The smallest absolute Gasteiger partial charge is 0.313 e. The molecule has 2 aromatic rings. The molecule has 0 saturated heterocycles. The molecule has 8 heteroatoms. The molecule has 0 fully saturated rings. The van der Waals surface area contributed by atoms with Gasteiger partial charge in [0.1, 0.15) is 17.2 Å². The van der Waals surface area contributed by atoms with Crippen molar-refractivity contribution in [3.8, 4) is 17.2 Å². The molecule has 1 atom stereocenters. The van der Waals surface area contributed by atoms with Crippen LogP contribution in [0.2, 0.25) is 0 Å². The van der Waals surface area contributed by atoms with Gasteiger partial charge in [0.25, 0.3) is 0 Å². The molecule has 2 amide bonds. The van der Waals surface area contributed by atoms with Gasteiger partial charge in [-0.3, -0.25) is 9.59 Å². The van der Waals surface area contributed by atoms with Crippen molar-refractivity contribution in [2.75, 3.05) is 32.7 Å². The van der Waals surface area contributed by atoms with Crippen molar-refractivity contribution in [3.63, 3.8) is 0 Å². The van der Waals surface area contributed by atoms with Crippen LogP contribution >= 0.6 is 0 Å². The van der Waals surface area contributed by atoms with E-state index in [0.29, 0.717) is 29.4 Å². The number of fused-ring (bicyclic) bond motifs is 1. The number of aliphatic hydroxyl groups is 1. The van der Waals surface area contributed by atoms with E-state index in [0.717, 1.165) is 17.7 Å². The van der Waals surface area contributed by atoms with Crippen LogP contribution in [0.15, 0.2) is 36.4 Å². The molecule has 0 saturated carbocycles. The molecule has 0 bridgehead atoms. The highest BCUT2D eigenvalue weighted by atomic mass is 16.5.